The van der Waals surface area contributed by atoms with Crippen molar-refractivity contribution in [1.82, 2.24) is 4.57 Å². The van der Waals surface area contributed by atoms with Crippen LogP contribution in [0.4, 0.5) is 0 Å². The van der Waals surface area contributed by atoms with Crippen molar-refractivity contribution in [3.63, 3.8) is 0 Å². The van der Waals surface area contributed by atoms with Gasteiger partial charge in [-0.05, 0) is 42.0 Å². The van der Waals surface area contributed by atoms with Gasteiger partial charge in [-0.3, -0.25) is 0 Å². The van der Waals surface area contributed by atoms with Crippen LogP contribution in [0.15, 0.2) is 136 Å². The van der Waals surface area contributed by atoms with E-state index in [1.54, 1.807) is 0 Å². The first-order valence-electron chi connectivity index (χ1n) is 13.2. The van der Waals surface area contributed by atoms with Crippen molar-refractivity contribution in [2.75, 3.05) is 0 Å². The second kappa shape index (κ2) is 7.62. The van der Waals surface area contributed by atoms with Gasteiger partial charge in [0.25, 0.3) is 0 Å². The molecule has 3 nitrogen and oxygen atoms in total. The average molecular weight is 500 g/mol. The predicted molar refractivity (Wildman–Crippen MR) is 161 cm³/mol. The number of hydrogen-bond acceptors (Lipinski definition) is 2. The molecule has 0 aliphatic heterocycles. The molecule has 0 unspecified atom stereocenters. The molecule has 3 aromatic heterocycles. The first-order chi connectivity index (χ1) is 19.3. The van der Waals surface area contributed by atoms with Crippen molar-refractivity contribution < 1.29 is 8.83 Å². The molecule has 0 N–H and O–H groups in total. The van der Waals surface area contributed by atoms with Gasteiger partial charge in [0.2, 0.25) is 0 Å². The Labute approximate surface area is 223 Å². The molecule has 182 valence electrons. The van der Waals surface area contributed by atoms with E-state index in [-0.39, 0.29) is 0 Å². The minimum absolute atomic E-state index is 0.869. The molecule has 0 fully saturated rings. The Balaban J connectivity index is 1.31. The summed E-state index contributed by atoms with van der Waals surface area (Å²) in [6.07, 6.45) is 0. The molecule has 0 aliphatic carbocycles. The van der Waals surface area contributed by atoms with Gasteiger partial charge in [0.1, 0.15) is 22.3 Å². The summed E-state index contributed by atoms with van der Waals surface area (Å²) in [5.74, 6) is 0. The van der Waals surface area contributed by atoms with Crippen LogP contribution in [0.5, 0.6) is 0 Å². The molecule has 0 bridgehead atoms. The highest BCUT2D eigenvalue weighted by Crippen LogP contribution is 2.42. The van der Waals surface area contributed by atoms with E-state index in [4.69, 9.17) is 8.83 Å². The largest absolute Gasteiger partial charge is 0.456 e. The van der Waals surface area contributed by atoms with Crippen molar-refractivity contribution >= 4 is 65.7 Å². The summed E-state index contributed by atoms with van der Waals surface area (Å²) in [7, 11) is 0. The van der Waals surface area contributed by atoms with Gasteiger partial charge in [0.05, 0.1) is 11.0 Å². The summed E-state index contributed by atoms with van der Waals surface area (Å²) in [5.41, 5.74) is 9.19. The topological polar surface area (TPSA) is 31.2 Å². The molecule has 9 aromatic rings. The van der Waals surface area contributed by atoms with Crippen LogP contribution in [0.3, 0.4) is 0 Å². The molecule has 0 radical (unpaired) electrons. The monoisotopic (exact) mass is 499 g/mol. The number of fused-ring (bicyclic) bond motifs is 9. The van der Waals surface area contributed by atoms with E-state index >= 15 is 0 Å². The summed E-state index contributed by atoms with van der Waals surface area (Å²) >= 11 is 0. The van der Waals surface area contributed by atoms with E-state index < -0.39 is 0 Å². The Morgan fingerprint density at radius 3 is 1.87 bits per heavy atom. The quantitative estimate of drug-likeness (QED) is 0.237. The standard InChI is InChI=1S/C36H21NO2/c1-4-15-30-23(9-1)24-10-2-5-16-31(24)37(30)22-19-20-29-34(21-22)38-33-18-8-12-26(35(29)33)28-14-7-13-27-25-11-3-6-17-32(25)39-36(27)28/h1-21H. The summed E-state index contributed by atoms with van der Waals surface area (Å²) in [6, 6.07) is 44.6. The molecule has 39 heavy (non-hydrogen) atoms. The fraction of sp³-hybridized carbons (Fsp3) is 0. The second-order valence-electron chi connectivity index (χ2n) is 10.1. The molecule has 3 heterocycles. The van der Waals surface area contributed by atoms with Crippen molar-refractivity contribution in [3.8, 4) is 16.8 Å². The lowest BCUT2D eigenvalue weighted by molar-refractivity contribution is 0.668. The number of nitrogens with zero attached hydrogens (tertiary/aromatic N) is 1. The lowest BCUT2D eigenvalue weighted by atomic mass is 9.97. The minimum Gasteiger partial charge on any atom is -0.456 e. The Bertz CT molecular complexity index is 2350. The maximum absolute atomic E-state index is 6.50. The molecular formula is C36H21NO2. The highest BCUT2D eigenvalue weighted by atomic mass is 16.3. The number of hydrogen-bond donors (Lipinski definition) is 0. The first-order valence-corrected chi connectivity index (χ1v) is 13.2. The van der Waals surface area contributed by atoms with Crippen LogP contribution >= 0.6 is 0 Å². The Morgan fingerprint density at radius 2 is 1.05 bits per heavy atom. The SMILES string of the molecule is c1ccc2c(c1)oc1c(-c3cccc4oc5cc(-n6c7ccccc7c7ccccc76)ccc5c34)cccc12. The van der Waals surface area contributed by atoms with Gasteiger partial charge in [-0.2, -0.15) is 0 Å². The van der Waals surface area contributed by atoms with Crippen molar-refractivity contribution in [3.05, 3.63) is 127 Å². The highest BCUT2D eigenvalue weighted by molar-refractivity contribution is 6.17. The third kappa shape index (κ3) is 2.82. The fourth-order valence-electron chi connectivity index (χ4n) is 6.34. The number of benzene rings is 6. The Morgan fingerprint density at radius 1 is 0.410 bits per heavy atom. The van der Waals surface area contributed by atoms with E-state index in [0.717, 1.165) is 60.7 Å². The molecule has 0 aliphatic rings. The smallest absolute Gasteiger partial charge is 0.143 e. The number of furan rings is 2. The van der Waals surface area contributed by atoms with Gasteiger partial charge in [0.15, 0.2) is 0 Å². The normalized spacial score (nSPS) is 12.1. The molecule has 0 spiro atoms. The average Bonchev–Trinajstić information content (AvgIpc) is 3.66. The molecule has 6 aromatic carbocycles. The van der Waals surface area contributed by atoms with Gasteiger partial charge in [0, 0.05) is 49.6 Å². The molecule has 0 amide bonds. The van der Waals surface area contributed by atoms with E-state index in [1.165, 1.54) is 21.8 Å². The Hall–Kier alpha value is -5.28. The van der Waals surface area contributed by atoms with E-state index in [1.807, 2.05) is 12.1 Å². The summed E-state index contributed by atoms with van der Waals surface area (Å²) < 4.78 is 15.2. The summed E-state index contributed by atoms with van der Waals surface area (Å²) in [6.45, 7) is 0. The maximum Gasteiger partial charge on any atom is 0.143 e. The van der Waals surface area contributed by atoms with Crippen molar-refractivity contribution in [2.24, 2.45) is 0 Å². The van der Waals surface area contributed by atoms with Gasteiger partial charge >= 0.3 is 0 Å². The highest BCUT2D eigenvalue weighted by Gasteiger charge is 2.18. The van der Waals surface area contributed by atoms with Crippen LogP contribution in [0.25, 0.3) is 82.5 Å². The predicted octanol–water partition coefficient (Wildman–Crippen LogP) is 10.2. The lowest BCUT2D eigenvalue weighted by Gasteiger charge is -2.08. The molecule has 9 rings (SSSR count). The van der Waals surface area contributed by atoms with Gasteiger partial charge in [-0.15, -0.1) is 0 Å². The molecule has 0 saturated heterocycles. The van der Waals surface area contributed by atoms with Crippen LogP contribution in [-0.4, -0.2) is 4.57 Å². The number of para-hydroxylation sites is 4. The number of rotatable bonds is 2. The number of aromatic nitrogens is 1. The van der Waals surface area contributed by atoms with E-state index in [9.17, 15) is 0 Å². The van der Waals surface area contributed by atoms with Crippen molar-refractivity contribution in [1.29, 1.82) is 0 Å². The minimum atomic E-state index is 0.869. The van der Waals surface area contributed by atoms with Gasteiger partial charge in [-0.1, -0.05) is 84.9 Å². The van der Waals surface area contributed by atoms with Crippen LogP contribution in [0.1, 0.15) is 0 Å². The second-order valence-corrected chi connectivity index (χ2v) is 10.1. The zero-order valence-electron chi connectivity index (χ0n) is 20.9. The molecular weight excluding hydrogens is 478 g/mol. The zero-order chi connectivity index (χ0) is 25.5. The lowest BCUT2D eigenvalue weighted by Crippen LogP contribution is -1.93. The first kappa shape index (κ1) is 20.7. The molecule has 0 atom stereocenters. The molecule has 3 heteroatoms. The summed E-state index contributed by atoms with van der Waals surface area (Å²) in [4.78, 5) is 0. The van der Waals surface area contributed by atoms with Crippen LogP contribution in [-0.2, 0) is 0 Å². The van der Waals surface area contributed by atoms with Crippen LogP contribution in [0, 0.1) is 0 Å². The summed E-state index contributed by atoms with van der Waals surface area (Å²) in [5, 5.41) is 6.96. The third-order valence-corrected chi connectivity index (χ3v) is 8.01. The van der Waals surface area contributed by atoms with Crippen molar-refractivity contribution in [2.45, 2.75) is 0 Å². The van der Waals surface area contributed by atoms with Crippen LogP contribution < -0.4 is 0 Å². The van der Waals surface area contributed by atoms with Gasteiger partial charge < -0.3 is 13.4 Å². The third-order valence-electron chi connectivity index (χ3n) is 8.01. The Kier molecular flexibility index (Phi) is 4.05. The fourth-order valence-corrected chi connectivity index (χ4v) is 6.34. The zero-order valence-corrected chi connectivity index (χ0v) is 20.9. The van der Waals surface area contributed by atoms with Crippen LogP contribution in [0.2, 0.25) is 0 Å². The van der Waals surface area contributed by atoms with Gasteiger partial charge in [-0.25, -0.2) is 0 Å². The maximum atomic E-state index is 6.50. The van der Waals surface area contributed by atoms with E-state index in [2.05, 4.69) is 120 Å². The van der Waals surface area contributed by atoms with E-state index in [0.29, 0.717) is 0 Å². The molecule has 0 saturated carbocycles.